The molecule has 1 saturated heterocycles. The summed E-state index contributed by atoms with van der Waals surface area (Å²) in [4.78, 5) is 34.4. The van der Waals surface area contributed by atoms with Gasteiger partial charge in [-0.05, 0) is 78.2 Å². The van der Waals surface area contributed by atoms with Gasteiger partial charge in [-0.15, -0.1) is 4.31 Å². The first kappa shape index (κ1) is 29.4. The second kappa shape index (κ2) is 12.7. The van der Waals surface area contributed by atoms with Crippen molar-refractivity contribution >= 4 is 34.6 Å². The van der Waals surface area contributed by atoms with Gasteiger partial charge in [-0.25, -0.2) is 20.0 Å². The average Bonchev–Trinajstić information content (AvgIpc) is 3.77. The van der Waals surface area contributed by atoms with Crippen LogP contribution in [0.15, 0.2) is 34.2 Å². The number of aryl methyl sites for hydroxylation is 1. The molecule has 0 bridgehead atoms. The van der Waals surface area contributed by atoms with Crippen molar-refractivity contribution < 1.29 is 9.35 Å². The average molecular weight is 554 g/mol. The molecule has 1 aromatic rings. The molecule has 4 rings (SSSR count). The number of allylic oxidation sites excluding steroid dienone is 1. The predicted molar refractivity (Wildman–Crippen MR) is 159 cm³/mol. The van der Waals surface area contributed by atoms with Crippen LogP contribution in [0.5, 0.6) is 0 Å². The quantitative estimate of drug-likeness (QED) is 0.456. The van der Waals surface area contributed by atoms with E-state index in [4.69, 9.17) is 9.98 Å². The van der Waals surface area contributed by atoms with Crippen LogP contribution in [-0.2, 0) is 16.2 Å². The highest BCUT2D eigenvalue weighted by molar-refractivity contribution is 7.89. The molecular weight excluding hydrogens is 510 g/mol. The lowest BCUT2D eigenvalue weighted by Gasteiger charge is -2.35. The molecule has 3 heterocycles. The molecule has 1 saturated carbocycles. The van der Waals surface area contributed by atoms with E-state index in [9.17, 15) is 9.35 Å². The third-order valence-corrected chi connectivity index (χ3v) is 9.25. The van der Waals surface area contributed by atoms with Gasteiger partial charge in [-0.3, -0.25) is 9.69 Å². The Morgan fingerprint density at radius 2 is 1.92 bits per heavy atom. The number of piperidine rings is 1. The van der Waals surface area contributed by atoms with Crippen LogP contribution in [0.3, 0.4) is 0 Å². The summed E-state index contributed by atoms with van der Waals surface area (Å²) in [5.41, 5.74) is 4.94. The summed E-state index contributed by atoms with van der Waals surface area (Å²) in [6, 6.07) is -0.0750. The molecule has 1 aromatic heterocycles. The highest BCUT2D eigenvalue weighted by Gasteiger charge is 2.37. The van der Waals surface area contributed by atoms with E-state index in [1.54, 1.807) is 11.2 Å². The summed E-state index contributed by atoms with van der Waals surface area (Å²) in [7, 11) is 0. The molecule has 1 aliphatic carbocycles. The van der Waals surface area contributed by atoms with Crippen molar-refractivity contribution in [1.82, 2.24) is 24.5 Å². The smallest absolute Gasteiger partial charge is 0.295 e. The molecule has 39 heavy (non-hydrogen) atoms. The van der Waals surface area contributed by atoms with Gasteiger partial charge in [0.2, 0.25) is 0 Å². The molecule has 212 valence electrons. The molecule has 2 aliphatic heterocycles. The van der Waals surface area contributed by atoms with E-state index in [1.165, 1.54) is 0 Å². The van der Waals surface area contributed by atoms with Crippen LogP contribution in [0.25, 0.3) is 5.70 Å². The zero-order valence-corrected chi connectivity index (χ0v) is 25.1. The number of amidine groups is 2. The largest absolute Gasteiger partial charge is 0.598 e. The van der Waals surface area contributed by atoms with Gasteiger partial charge >= 0.3 is 0 Å². The Balaban J connectivity index is 1.61. The van der Waals surface area contributed by atoms with E-state index in [-0.39, 0.29) is 11.9 Å². The fourth-order valence-corrected chi connectivity index (χ4v) is 6.11. The molecule has 1 amide bonds. The lowest BCUT2D eigenvalue weighted by Crippen LogP contribution is -2.54. The van der Waals surface area contributed by atoms with Crippen LogP contribution in [0, 0.1) is 12.8 Å². The Labute approximate surface area is 236 Å². The molecule has 3 aliphatic rings. The Hall–Kier alpha value is -2.56. The first-order valence-electron chi connectivity index (χ1n) is 14.2. The van der Waals surface area contributed by atoms with Gasteiger partial charge in [0.25, 0.3) is 5.91 Å². The van der Waals surface area contributed by atoms with E-state index in [2.05, 4.69) is 33.1 Å². The topological polar surface area (TPSA) is 109 Å². The van der Waals surface area contributed by atoms with Crippen molar-refractivity contribution in [2.24, 2.45) is 15.9 Å². The monoisotopic (exact) mass is 553 g/mol. The summed E-state index contributed by atoms with van der Waals surface area (Å²) < 4.78 is 14.2. The first-order chi connectivity index (χ1) is 18.7. The predicted octanol–water partition coefficient (Wildman–Crippen LogP) is 4.35. The minimum atomic E-state index is -0.895. The Morgan fingerprint density at radius 1 is 1.23 bits per heavy atom. The number of aliphatic imine (C=N–C) groups is 2. The summed E-state index contributed by atoms with van der Waals surface area (Å²) in [5.74, 6) is 2.19. The number of nitrogens with one attached hydrogen (secondary N) is 1. The van der Waals surface area contributed by atoms with E-state index < -0.39 is 11.4 Å². The Kier molecular flexibility index (Phi) is 9.61. The maximum Gasteiger partial charge on any atom is 0.295 e. The maximum absolute atomic E-state index is 13.9. The second-order valence-electron chi connectivity index (χ2n) is 11.0. The van der Waals surface area contributed by atoms with E-state index in [0.29, 0.717) is 47.2 Å². The number of hydrogen-bond acceptors (Lipinski definition) is 8. The molecule has 1 unspecified atom stereocenters. The lowest BCUT2D eigenvalue weighted by molar-refractivity contribution is -0.122. The number of carbonyl (C=O) groups is 1. The van der Waals surface area contributed by atoms with Gasteiger partial charge < -0.3 is 9.87 Å². The van der Waals surface area contributed by atoms with E-state index in [1.807, 2.05) is 34.6 Å². The fraction of sp³-hybridized carbons (Fsp3) is 0.621. The molecule has 0 spiro atoms. The number of rotatable bonds is 9. The number of amides is 1. The maximum atomic E-state index is 13.9. The van der Waals surface area contributed by atoms with Crippen LogP contribution in [0.1, 0.15) is 89.6 Å². The van der Waals surface area contributed by atoms with Crippen molar-refractivity contribution in [2.45, 2.75) is 85.6 Å². The number of nitrogens with zero attached hydrogens (tertiary/aromatic N) is 6. The normalized spacial score (nSPS) is 21.7. The van der Waals surface area contributed by atoms with Gasteiger partial charge in [0, 0.05) is 48.5 Å². The third-order valence-electron chi connectivity index (χ3n) is 7.82. The fourth-order valence-electron chi connectivity index (χ4n) is 5.12. The summed E-state index contributed by atoms with van der Waals surface area (Å²) >= 11 is -0.895. The minimum Gasteiger partial charge on any atom is -0.598 e. The molecule has 10 heteroatoms. The molecule has 0 radical (unpaired) electrons. The lowest BCUT2D eigenvalue weighted by atomic mass is 9.98. The van der Waals surface area contributed by atoms with E-state index >= 15 is 0 Å². The molecular formula is C29H43N7O2S. The van der Waals surface area contributed by atoms with Crippen molar-refractivity contribution in [2.75, 3.05) is 25.4 Å². The summed E-state index contributed by atoms with van der Waals surface area (Å²) in [5, 5.41) is 3.37. The standard InChI is InChI=1S/C29H43N7O2S/c1-8-19(5)36-28(33-21(7)24-20(6)31-17-32-26(24)23-10-11-23)25(18(3)4)34-27(29(36)37)30-16-22-12-14-35(15-13-22)39(38)9-2/h17,19,22-23H,7-16H2,1-6H3,(H,30,34)/b33-28+/t19-,39?/m1/s1. The van der Waals surface area contributed by atoms with Crippen LogP contribution < -0.4 is 5.32 Å². The zero-order chi connectivity index (χ0) is 28.3. The van der Waals surface area contributed by atoms with Crippen molar-refractivity contribution in [3.63, 3.8) is 0 Å². The van der Waals surface area contributed by atoms with Gasteiger partial charge in [0.1, 0.15) is 17.8 Å². The Bertz CT molecular complexity index is 1180. The third kappa shape index (κ3) is 6.61. The minimum absolute atomic E-state index is 0.0750. The van der Waals surface area contributed by atoms with Gasteiger partial charge in [0.05, 0.1) is 17.1 Å². The van der Waals surface area contributed by atoms with Crippen LogP contribution >= 0.6 is 0 Å². The SMILES string of the molecule is C=C(/N=C1\C(=C(C)C)N=C(NCC2CCN([S+]([O-])CC)CC2)C(=O)N1[C@H](C)CC)c1c(C)ncnc1C1CC1. The second-order valence-corrected chi connectivity index (χ2v) is 12.7. The molecule has 0 aromatic carbocycles. The highest BCUT2D eigenvalue weighted by atomic mass is 32.2. The zero-order valence-electron chi connectivity index (χ0n) is 24.3. The van der Waals surface area contributed by atoms with Crippen molar-refractivity contribution in [1.29, 1.82) is 0 Å². The highest BCUT2D eigenvalue weighted by Crippen LogP contribution is 2.42. The molecule has 2 atom stereocenters. The van der Waals surface area contributed by atoms with Crippen molar-refractivity contribution in [3.05, 3.63) is 41.1 Å². The first-order valence-corrected chi connectivity index (χ1v) is 15.5. The number of hydrogen-bond donors (Lipinski definition) is 1. The van der Waals surface area contributed by atoms with Crippen LogP contribution in [0.4, 0.5) is 0 Å². The van der Waals surface area contributed by atoms with Gasteiger partial charge in [-0.1, -0.05) is 13.5 Å². The van der Waals surface area contributed by atoms with Gasteiger partial charge in [-0.2, -0.15) is 0 Å². The van der Waals surface area contributed by atoms with Crippen LogP contribution in [0.2, 0.25) is 0 Å². The van der Waals surface area contributed by atoms with Crippen molar-refractivity contribution in [3.8, 4) is 0 Å². The Morgan fingerprint density at radius 3 is 2.51 bits per heavy atom. The number of carbonyl (C=O) groups excluding carboxylic acids is 1. The molecule has 2 fully saturated rings. The van der Waals surface area contributed by atoms with Gasteiger partial charge in [0.15, 0.2) is 11.7 Å². The number of aromatic nitrogens is 2. The van der Waals surface area contributed by atoms with E-state index in [0.717, 1.165) is 67.7 Å². The van der Waals surface area contributed by atoms with Crippen LogP contribution in [-0.4, -0.2) is 72.7 Å². The molecule has 1 N–H and O–H groups in total. The summed E-state index contributed by atoms with van der Waals surface area (Å²) in [6.07, 6.45) is 6.49. The molecule has 9 nitrogen and oxygen atoms in total. The summed E-state index contributed by atoms with van der Waals surface area (Å²) in [6.45, 7) is 18.6.